The van der Waals surface area contributed by atoms with Crippen LogP contribution in [0.4, 0.5) is 0 Å². The smallest absolute Gasteiger partial charge is 0.133 e. The van der Waals surface area contributed by atoms with Crippen LogP contribution >= 0.6 is 0 Å². The third kappa shape index (κ3) is 2.36. The summed E-state index contributed by atoms with van der Waals surface area (Å²) in [5, 5.41) is 4.73. The fraction of sp³-hybridized carbons (Fsp3) is 0.733. The maximum Gasteiger partial charge on any atom is 0.133 e. The molecule has 3 heteroatoms. The van der Waals surface area contributed by atoms with E-state index in [0.29, 0.717) is 11.8 Å². The molecular weight excluding hydrogens is 224 g/mol. The van der Waals surface area contributed by atoms with E-state index in [1.54, 1.807) is 0 Å². The third-order valence-electron chi connectivity index (χ3n) is 4.60. The Hall–Kier alpha value is -1.12. The Morgan fingerprint density at radius 2 is 2.22 bits per heavy atom. The van der Waals surface area contributed by atoms with E-state index in [9.17, 15) is 4.79 Å². The first-order chi connectivity index (χ1) is 8.65. The first-order valence-electron chi connectivity index (χ1n) is 7.20. The van der Waals surface area contributed by atoms with Gasteiger partial charge in [0.2, 0.25) is 0 Å². The molecule has 1 aromatic rings. The summed E-state index contributed by atoms with van der Waals surface area (Å²) >= 11 is 0. The van der Waals surface area contributed by atoms with Gasteiger partial charge in [-0.2, -0.15) is 5.10 Å². The third-order valence-corrected chi connectivity index (χ3v) is 4.60. The maximum atomic E-state index is 11.4. The Labute approximate surface area is 109 Å². The molecule has 0 saturated heterocycles. The number of hydrogen-bond donors (Lipinski definition) is 0. The van der Waals surface area contributed by atoms with E-state index in [0.717, 1.165) is 25.7 Å². The molecule has 18 heavy (non-hydrogen) atoms. The lowest BCUT2D eigenvalue weighted by Gasteiger charge is -2.20. The van der Waals surface area contributed by atoms with Crippen LogP contribution in [0, 0.1) is 5.41 Å². The van der Waals surface area contributed by atoms with Crippen molar-refractivity contribution >= 4 is 5.78 Å². The summed E-state index contributed by atoms with van der Waals surface area (Å²) in [6.45, 7) is 2.23. The van der Waals surface area contributed by atoms with Gasteiger partial charge in [0, 0.05) is 19.0 Å². The molecule has 3 rings (SSSR count). The Balaban J connectivity index is 1.68. The van der Waals surface area contributed by atoms with Crippen molar-refractivity contribution in [3.63, 3.8) is 0 Å². The molecular formula is C15H22N2O. The second-order valence-electron chi connectivity index (χ2n) is 6.43. The Kier molecular flexibility index (Phi) is 3.00. The normalized spacial score (nSPS) is 29.3. The van der Waals surface area contributed by atoms with Gasteiger partial charge in [-0.15, -0.1) is 0 Å². The summed E-state index contributed by atoms with van der Waals surface area (Å²) in [7, 11) is 0. The van der Waals surface area contributed by atoms with E-state index < -0.39 is 0 Å². The lowest BCUT2D eigenvalue weighted by molar-refractivity contribution is -0.117. The van der Waals surface area contributed by atoms with Gasteiger partial charge in [0.05, 0.1) is 11.7 Å². The van der Waals surface area contributed by atoms with Crippen molar-refractivity contribution in [2.45, 2.75) is 64.3 Å². The van der Waals surface area contributed by atoms with Gasteiger partial charge in [0.15, 0.2) is 0 Å². The second kappa shape index (κ2) is 4.52. The lowest BCUT2D eigenvalue weighted by Crippen LogP contribution is -2.16. The molecule has 0 amide bonds. The highest BCUT2D eigenvalue weighted by molar-refractivity contribution is 5.81. The Bertz CT molecular complexity index is 445. The first kappa shape index (κ1) is 11.9. The topological polar surface area (TPSA) is 34.9 Å². The molecule has 2 aliphatic carbocycles. The largest absolute Gasteiger partial charge is 0.300 e. The van der Waals surface area contributed by atoms with Crippen LogP contribution in [0.25, 0.3) is 0 Å². The van der Waals surface area contributed by atoms with E-state index in [1.165, 1.54) is 31.4 Å². The van der Waals surface area contributed by atoms with Crippen LogP contribution in [0.3, 0.4) is 0 Å². The molecule has 3 nitrogen and oxygen atoms in total. The summed E-state index contributed by atoms with van der Waals surface area (Å²) < 4.78 is 2.16. The molecule has 1 unspecified atom stereocenters. The minimum Gasteiger partial charge on any atom is -0.300 e. The molecule has 0 spiro atoms. The van der Waals surface area contributed by atoms with Crippen molar-refractivity contribution in [3.8, 4) is 0 Å². The predicted octanol–water partition coefficient (Wildman–Crippen LogP) is 3.30. The van der Waals surface area contributed by atoms with Crippen LogP contribution in [-0.4, -0.2) is 15.6 Å². The van der Waals surface area contributed by atoms with Crippen molar-refractivity contribution in [2.75, 3.05) is 0 Å². The highest BCUT2D eigenvalue weighted by Gasteiger charge is 2.34. The quantitative estimate of drug-likeness (QED) is 0.820. The number of Topliss-reactive ketones (excluding diaryl/α,β-unsaturated/α-hetero) is 1. The van der Waals surface area contributed by atoms with Crippen molar-refractivity contribution in [2.24, 2.45) is 5.41 Å². The number of hydrogen-bond acceptors (Lipinski definition) is 2. The monoisotopic (exact) mass is 246 g/mol. The van der Waals surface area contributed by atoms with Gasteiger partial charge in [-0.1, -0.05) is 19.8 Å². The van der Waals surface area contributed by atoms with Gasteiger partial charge in [-0.05, 0) is 37.2 Å². The molecule has 0 aliphatic heterocycles. The molecule has 0 N–H and O–H groups in total. The van der Waals surface area contributed by atoms with Crippen molar-refractivity contribution in [1.82, 2.24) is 9.78 Å². The van der Waals surface area contributed by atoms with E-state index >= 15 is 0 Å². The molecule has 2 saturated carbocycles. The molecule has 1 atom stereocenters. The second-order valence-corrected chi connectivity index (χ2v) is 6.43. The summed E-state index contributed by atoms with van der Waals surface area (Å²) in [4.78, 5) is 11.4. The van der Waals surface area contributed by atoms with Gasteiger partial charge < -0.3 is 0 Å². The molecule has 1 heterocycles. The van der Waals surface area contributed by atoms with Crippen molar-refractivity contribution < 1.29 is 4.79 Å². The van der Waals surface area contributed by atoms with Gasteiger partial charge in [0.25, 0.3) is 0 Å². The van der Waals surface area contributed by atoms with E-state index in [2.05, 4.69) is 23.9 Å². The predicted molar refractivity (Wildman–Crippen MR) is 70.4 cm³/mol. The number of ketones is 1. The van der Waals surface area contributed by atoms with Crippen LogP contribution in [0.1, 0.15) is 63.6 Å². The van der Waals surface area contributed by atoms with Crippen molar-refractivity contribution in [3.05, 3.63) is 18.0 Å². The number of rotatable bonds is 3. The number of nitrogens with zero attached hydrogens (tertiary/aromatic N) is 2. The zero-order chi connectivity index (χ0) is 12.6. The zero-order valence-electron chi connectivity index (χ0n) is 11.2. The Morgan fingerprint density at radius 3 is 2.89 bits per heavy atom. The van der Waals surface area contributed by atoms with Crippen LogP contribution in [0.2, 0.25) is 0 Å². The molecule has 98 valence electrons. The number of carbonyl (C=O) groups is 1. The average Bonchev–Trinajstić information content (AvgIpc) is 2.99. The molecule has 1 aromatic heterocycles. The van der Waals surface area contributed by atoms with E-state index in [-0.39, 0.29) is 5.41 Å². The highest BCUT2D eigenvalue weighted by atomic mass is 16.1. The highest BCUT2D eigenvalue weighted by Crippen LogP contribution is 2.38. The summed E-state index contributed by atoms with van der Waals surface area (Å²) in [6, 6.07) is 2.77. The summed E-state index contributed by atoms with van der Waals surface area (Å²) in [6.07, 6.45) is 10.8. The fourth-order valence-corrected chi connectivity index (χ4v) is 3.53. The first-order valence-corrected chi connectivity index (χ1v) is 7.20. The van der Waals surface area contributed by atoms with Crippen LogP contribution in [0.15, 0.2) is 12.3 Å². The minimum absolute atomic E-state index is 0.159. The molecule has 0 radical (unpaired) electrons. The minimum atomic E-state index is 0.159. The van der Waals surface area contributed by atoms with Crippen molar-refractivity contribution in [1.29, 1.82) is 0 Å². The standard InChI is InChI=1S/C15H22N2O/c1-15(8-6-14(18)11-15)10-12-7-9-17(16-12)13-4-2-3-5-13/h7,9,13H,2-6,8,10-11H2,1H3. The molecule has 2 aliphatic rings. The van der Waals surface area contributed by atoms with Crippen LogP contribution in [-0.2, 0) is 11.2 Å². The van der Waals surface area contributed by atoms with Crippen LogP contribution in [0.5, 0.6) is 0 Å². The van der Waals surface area contributed by atoms with Gasteiger partial charge in [0.1, 0.15) is 5.78 Å². The average molecular weight is 246 g/mol. The van der Waals surface area contributed by atoms with Gasteiger partial charge in [-0.3, -0.25) is 9.48 Å². The zero-order valence-corrected chi connectivity index (χ0v) is 11.2. The SMILES string of the molecule is CC1(Cc2ccn(C3CCCC3)n2)CCC(=O)C1. The maximum absolute atomic E-state index is 11.4. The summed E-state index contributed by atoms with van der Waals surface area (Å²) in [5.41, 5.74) is 1.32. The lowest BCUT2D eigenvalue weighted by atomic mass is 9.84. The molecule has 2 fully saturated rings. The van der Waals surface area contributed by atoms with Gasteiger partial charge >= 0.3 is 0 Å². The van der Waals surface area contributed by atoms with Crippen LogP contribution < -0.4 is 0 Å². The number of aromatic nitrogens is 2. The number of carbonyl (C=O) groups excluding carboxylic acids is 1. The molecule has 0 aromatic carbocycles. The summed E-state index contributed by atoms with van der Waals surface area (Å²) in [5.74, 6) is 0.424. The van der Waals surface area contributed by atoms with E-state index in [4.69, 9.17) is 5.10 Å². The van der Waals surface area contributed by atoms with E-state index in [1.807, 2.05) is 0 Å². The van der Waals surface area contributed by atoms with Gasteiger partial charge in [-0.25, -0.2) is 0 Å². The Morgan fingerprint density at radius 1 is 1.44 bits per heavy atom. The molecule has 0 bridgehead atoms. The fourth-order valence-electron chi connectivity index (χ4n) is 3.53.